The first-order valence-corrected chi connectivity index (χ1v) is 12.4. The Bertz CT molecular complexity index is 1010. The highest BCUT2D eigenvalue weighted by molar-refractivity contribution is 5.89. The van der Waals surface area contributed by atoms with Gasteiger partial charge in [-0.3, -0.25) is 4.79 Å². The van der Waals surface area contributed by atoms with E-state index in [-0.39, 0.29) is 35.2 Å². The molecule has 4 nitrogen and oxygen atoms in total. The van der Waals surface area contributed by atoms with E-state index in [4.69, 9.17) is 4.74 Å². The van der Waals surface area contributed by atoms with Crippen molar-refractivity contribution in [1.29, 1.82) is 0 Å². The number of carboxylic acid groups (broad SMARTS) is 1. The zero-order valence-corrected chi connectivity index (χ0v) is 19.8. The van der Waals surface area contributed by atoms with E-state index in [2.05, 4.69) is 12.2 Å². The molecule has 1 atom stereocenters. The molecule has 2 aromatic carbocycles. The Kier molecular flexibility index (Phi) is 7.41. The molecular formula is C27H34F3NO3. The van der Waals surface area contributed by atoms with Crippen LogP contribution in [0.25, 0.3) is 10.8 Å². The van der Waals surface area contributed by atoms with Gasteiger partial charge in [0.05, 0.1) is 12.0 Å². The lowest BCUT2D eigenvalue weighted by Gasteiger charge is -2.30. The summed E-state index contributed by atoms with van der Waals surface area (Å²) in [6, 6.07) is 8.42. The van der Waals surface area contributed by atoms with Crippen molar-refractivity contribution in [3.05, 3.63) is 41.5 Å². The summed E-state index contributed by atoms with van der Waals surface area (Å²) in [6.07, 6.45) is 1.54. The molecule has 4 rings (SSSR count). The van der Waals surface area contributed by atoms with Gasteiger partial charge >= 0.3 is 12.1 Å². The monoisotopic (exact) mass is 477 g/mol. The van der Waals surface area contributed by atoms with Gasteiger partial charge < -0.3 is 15.2 Å². The molecule has 0 saturated heterocycles. The number of hydrogen-bond acceptors (Lipinski definition) is 3. The van der Waals surface area contributed by atoms with Crippen LogP contribution >= 0.6 is 0 Å². The second-order valence-corrected chi connectivity index (χ2v) is 10.2. The molecule has 0 aliphatic heterocycles. The summed E-state index contributed by atoms with van der Waals surface area (Å²) in [6.45, 7) is 4.11. The van der Waals surface area contributed by atoms with Gasteiger partial charge in [-0.2, -0.15) is 13.2 Å². The molecule has 2 fully saturated rings. The van der Waals surface area contributed by atoms with Gasteiger partial charge in [0, 0.05) is 12.1 Å². The van der Waals surface area contributed by atoms with Gasteiger partial charge in [0.25, 0.3) is 0 Å². The molecule has 0 radical (unpaired) electrons. The van der Waals surface area contributed by atoms with E-state index in [1.165, 1.54) is 6.07 Å². The van der Waals surface area contributed by atoms with Crippen molar-refractivity contribution in [3.63, 3.8) is 0 Å². The molecule has 0 aromatic heterocycles. The molecule has 2 aliphatic carbocycles. The summed E-state index contributed by atoms with van der Waals surface area (Å²) in [4.78, 5) is 11.2. The number of hydrogen-bond donors (Lipinski definition) is 2. The van der Waals surface area contributed by atoms with Crippen molar-refractivity contribution in [2.45, 2.75) is 89.6 Å². The Hall–Kier alpha value is -2.28. The summed E-state index contributed by atoms with van der Waals surface area (Å²) in [5.41, 5.74) is 0.0848. The van der Waals surface area contributed by atoms with Crippen LogP contribution in [0.15, 0.2) is 30.3 Å². The number of ether oxygens (including phenoxy) is 1. The van der Waals surface area contributed by atoms with E-state index < -0.39 is 17.7 Å². The SMILES string of the molecule is CC1CCC(Oc2ccc3ccc(C(C)NC4CCC(C(=O)O)CC4)cc3c2C(F)(F)F)CC1. The minimum absolute atomic E-state index is 0.0793. The molecule has 0 amide bonds. The first-order chi connectivity index (χ1) is 16.1. The van der Waals surface area contributed by atoms with E-state index in [0.717, 1.165) is 44.1 Å². The summed E-state index contributed by atoms with van der Waals surface area (Å²) in [5, 5.41) is 13.4. The standard InChI is InChI=1S/C27H34F3NO3/c1-16-3-12-22(13-4-16)34-24-14-9-18-5-6-20(15-23(18)25(24)27(28,29)30)17(2)31-21-10-7-19(8-11-21)26(32)33/h5-6,9,14-17,19,21-22,31H,3-4,7-8,10-13H2,1-2H3,(H,32,33). The Morgan fingerprint density at radius 2 is 1.68 bits per heavy atom. The largest absolute Gasteiger partial charge is 0.490 e. The molecule has 2 aromatic rings. The highest BCUT2D eigenvalue weighted by Crippen LogP contribution is 2.43. The predicted octanol–water partition coefficient (Wildman–Crippen LogP) is 7.11. The minimum Gasteiger partial charge on any atom is -0.490 e. The van der Waals surface area contributed by atoms with Gasteiger partial charge in [-0.1, -0.05) is 25.1 Å². The third kappa shape index (κ3) is 5.68. The average molecular weight is 478 g/mol. The van der Waals surface area contributed by atoms with Crippen molar-refractivity contribution < 1.29 is 27.8 Å². The van der Waals surface area contributed by atoms with E-state index in [1.807, 2.05) is 13.0 Å². The fraction of sp³-hybridized carbons (Fsp3) is 0.593. The lowest BCUT2D eigenvalue weighted by Crippen LogP contribution is -2.36. The molecule has 34 heavy (non-hydrogen) atoms. The quantitative estimate of drug-likeness (QED) is 0.465. The number of halogens is 3. The highest BCUT2D eigenvalue weighted by Gasteiger charge is 2.37. The molecule has 1 unspecified atom stereocenters. The Labute approximate surface area is 198 Å². The van der Waals surface area contributed by atoms with Gasteiger partial charge in [-0.25, -0.2) is 0 Å². The van der Waals surface area contributed by atoms with Crippen LogP contribution in [0.2, 0.25) is 0 Å². The Balaban J connectivity index is 1.57. The van der Waals surface area contributed by atoms with Crippen LogP contribution < -0.4 is 10.1 Å². The molecular weight excluding hydrogens is 443 g/mol. The molecule has 2 saturated carbocycles. The fourth-order valence-electron chi connectivity index (χ4n) is 5.46. The number of benzene rings is 2. The number of aliphatic carboxylic acids is 1. The van der Waals surface area contributed by atoms with Gasteiger partial charge in [0.1, 0.15) is 11.3 Å². The van der Waals surface area contributed by atoms with Crippen molar-refractivity contribution in [2.75, 3.05) is 0 Å². The van der Waals surface area contributed by atoms with Gasteiger partial charge in [0.15, 0.2) is 0 Å². The zero-order chi connectivity index (χ0) is 24.5. The van der Waals surface area contributed by atoms with Crippen molar-refractivity contribution in [1.82, 2.24) is 5.32 Å². The highest BCUT2D eigenvalue weighted by atomic mass is 19.4. The maximum absolute atomic E-state index is 14.3. The molecule has 186 valence electrons. The lowest BCUT2D eigenvalue weighted by molar-refractivity contribution is -0.143. The molecule has 2 N–H and O–H groups in total. The Morgan fingerprint density at radius 1 is 1.03 bits per heavy atom. The maximum Gasteiger partial charge on any atom is 0.420 e. The number of carboxylic acids is 1. The predicted molar refractivity (Wildman–Crippen MR) is 126 cm³/mol. The molecule has 7 heteroatoms. The van der Waals surface area contributed by atoms with E-state index in [0.29, 0.717) is 24.1 Å². The van der Waals surface area contributed by atoms with Crippen LogP contribution in [0.4, 0.5) is 13.2 Å². The summed E-state index contributed by atoms with van der Waals surface area (Å²) in [5.74, 6) is -0.533. The number of fused-ring (bicyclic) bond motifs is 1. The molecule has 2 aliphatic rings. The summed E-state index contributed by atoms with van der Waals surface area (Å²) < 4.78 is 48.7. The number of nitrogens with one attached hydrogen (secondary N) is 1. The van der Waals surface area contributed by atoms with Gasteiger partial charge in [-0.15, -0.1) is 0 Å². The van der Waals surface area contributed by atoms with Gasteiger partial charge in [0.2, 0.25) is 0 Å². The fourth-order valence-corrected chi connectivity index (χ4v) is 5.46. The topological polar surface area (TPSA) is 58.6 Å². The van der Waals surface area contributed by atoms with Crippen LogP contribution in [0, 0.1) is 11.8 Å². The third-order valence-corrected chi connectivity index (χ3v) is 7.61. The van der Waals surface area contributed by atoms with Gasteiger partial charge in [-0.05, 0) is 92.7 Å². The second kappa shape index (κ2) is 10.1. The van der Waals surface area contributed by atoms with Crippen LogP contribution in [0.3, 0.4) is 0 Å². The molecule has 0 heterocycles. The average Bonchev–Trinajstić information content (AvgIpc) is 2.79. The minimum atomic E-state index is -4.53. The van der Waals surface area contributed by atoms with E-state index >= 15 is 0 Å². The van der Waals surface area contributed by atoms with Crippen molar-refractivity contribution in [3.8, 4) is 5.75 Å². The second-order valence-electron chi connectivity index (χ2n) is 10.2. The first kappa shape index (κ1) is 24.8. The van der Waals surface area contributed by atoms with Crippen LogP contribution in [0.1, 0.15) is 82.4 Å². The maximum atomic E-state index is 14.3. The van der Waals surface area contributed by atoms with Crippen LogP contribution in [-0.4, -0.2) is 23.2 Å². The van der Waals surface area contributed by atoms with Crippen LogP contribution in [0.5, 0.6) is 5.75 Å². The van der Waals surface area contributed by atoms with Crippen molar-refractivity contribution >= 4 is 16.7 Å². The van der Waals surface area contributed by atoms with E-state index in [9.17, 15) is 23.1 Å². The Morgan fingerprint density at radius 3 is 2.29 bits per heavy atom. The zero-order valence-electron chi connectivity index (χ0n) is 19.8. The smallest absolute Gasteiger partial charge is 0.420 e. The van der Waals surface area contributed by atoms with E-state index in [1.54, 1.807) is 18.2 Å². The first-order valence-electron chi connectivity index (χ1n) is 12.4. The third-order valence-electron chi connectivity index (χ3n) is 7.61. The lowest BCUT2D eigenvalue weighted by atomic mass is 9.85. The summed E-state index contributed by atoms with van der Waals surface area (Å²) >= 11 is 0. The van der Waals surface area contributed by atoms with Crippen molar-refractivity contribution in [2.24, 2.45) is 11.8 Å². The summed E-state index contributed by atoms with van der Waals surface area (Å²) in [7, 11) is 0. The normalized spacial score (nSPS) is 26.9. The number of carbonyl (C=O) groups is 1. The molecule has 0 bridgehead atoms. The molecule has 0 spiro atoms. The van der Waals surface area contributed by atoms with Crippen LogP contribution in [-0.2, 0) is 11.0 Å². The number of alkyl halides is 3. The number of rotatable bonds is 6.